The van der Waals surface area contributed by atoms with Crippen LogP contribution in [0.4, 0.5) is 17.6 Å². The molecule has 0 bridgehead atoms. The third kappa shape index (κ3) is 6.07. The lowest BCUT2D eigenvalue weighted by atomic mass is 9.80. The van der Waals surface area contributed by atoms with E-state index in [1.165, 1.54) is 12.1 Å². The summed E-state index contributed by atoms with van der Waals surface area (Å²) in [6.07, 6.45) is -0.589. The van der Waals surface area contributed by atoms with Crippen molar-refractivity contribution in [1.82, 2.24) is 20.4 Å². The monoisotopic (exact) mass is 512 g/mol. The van der Waals surface area contributed by atoms with Gasteiger partial charge in [0.25, 0.3) is 11.8 Å². The van der Waals surface area contributed by atoms with E-state index in [-0.39, 0.29) is 41.5 Å². The van der Waals surface area contributed by atoms with E-state index in [9.17, 15) is 22.4 Å². The van der Waals surface area contributed by atoms with Gasteiger partial charge in [0.1, 0.15) is 17.3 Å². The van der Waals surface area contributed by atoms with Gasteiger partial charge in [-0.3, -0.25) is 9.78 Å². The van der Waals surface area contributed by atoms with Crippen LogP contribution >= 0.6 is 11.6 Å². The van der Waals surface area contributed by atoms with E-state index < -0.39 is 29.0 Å². The van der Waals surface area contributed by atoms with Gasteiger partial charge in [0, 0.05) is 24.3 Å². The zero-order valence-electron chi connectivity index (χ0n) is 18.0. The molecule has 1 aliphatic rings. The number of aromatic nitrogens is 3. The Morgan fingerprint density at radius 3 is 2.71 bits per heavy atom. The second-order valence-electron chi connectivity index (χ2n) is 7.89. The van der Waals surface area contributed by atoms with Gasteiger partial charge in [0.05, 0.1) is 22.3 Å². The van der Waals surface area contributed by atoms with Gasteiger partial charge in [0.2, 0.25) is 5.82 Å². The normalized spacial score (nSPS) is 17.4. The van der Waals surface area contributed by atoms with E-state index in [1.54, 1.807) is 13.0 Å². The summed E-state index contributed by atoms with van der Waals surface area (Å²) in [7, 11) is 0. The Bertz CT molecular complexity index is 1280. The zero-order chi connectivity index (χ0) is 25.2. The van der Waals surface area contributed by atoms with Crippen LogP contribution in [-0.2, 0) is 17.6 Å². The number of rotatable bonds is 8. The fourth-order valence-corrected chi connectivity index (χ4v) is 3.40. The predicted molar refractivity (Wildman–Crippen MR) is 114 cm³/mol. The topological polar surface area (TPSA) is 99.4 Å². The molecule has 1 aliphatic carbocycles. The van der Waals surface area contributed by atoms with Crippen LogP contribution in [0.15, 0.2) is 47.3 Å². The number of ether oxygens (including phenoxy) is 2. The number of nitrogens with zero attached hydrogens (tertiary/aromatic N) is 3. The number of carbonyl (C=O) groups excluding carboxylic acids is 1. The van der Waals surface area contributed by atoms with Gasteiger partial charge in [0.15, 0.2) is 13.2 Å². The highest BCUT2D eigenvalue weighted by molar-refractivity contribution is 6.30. The maximum absolute atomic E-state index is 13.4. The van der Waals surface area contributed by atoms with Crippen molar-refractivity contribution in [1.29, 1.82) is 0 Å². The van der Waals surface area contributed by atoms with Crippen LogP contribution in [0.1, 0.15) is 30.6 Å². The van der Waals surface area contributed by atoms with Gasteiger partial charge < -0.3 is 19.3 Å². The maximum Gasteiger partial charge on any atom is 0.418 e. The summed E-state index contributed by atoms with van der Waals surface area (Å²) in [6.45, 7) is 1.22. The molecule has 0 aliphatic heterocycles. The van der Waals surface area contributed by atoms with Crippen LogP contribution in [0.25, 0.3) is 5.57 Å². The average molecular weight is 513 g/mol. The number of alkyl halides is 3. The molecule has 184 valence electrons. The van der Waals surface area contributed by atoms with Crippen LogP contribution in [0.3, 0.4) is 0 Å². The van der Waals surface area contributed by atoms with Crippen molar-refractivity contribution in [3.8, 4) is 11.5 Å². The Labute approximate surface area is 200 Å². The summed E-state index contributed by atoms with van der Waals surface area (Å²) >= 11 is 5.61. The highest BCUT2D eigenvalue weighted by Crippen LogP contribution is 2.36. The van der Waals surface area contributed by atoms with Gasteiger partial charge in [-0.15, -0.1) is 0 Å². The van der Waals surface area contributed by atoms with Gasteiger partial charge in [-0.05, 0) is 25.1 Å². The number of hydrogen-bond donors (Lipinski definition) is 1. The molecule has 0 saturated heterocycles. The van der Waals surface area contributed by atoms with Crippen molar-refractivity contribution in [2.24, 2.45) is 0 Å². The first-order valence-electron chi connectivity index (χ1n) is 10.1. The summed E-state index contributed by atoms with van der Waals surface area (Å²) in [4.78, 5) is 19.9. The predicted octanol–water partition coefficient (Wildman–Crippen LogP) is 4.60. The Morgan fingerprint density at radius 1 is 1.23 bits per heavy atom. The molecule has 3 aromatic rings. The van der Waals surface area contributed by atoms with E-state index in [1.807, 2.05) is 0 Å². The summed E-state index contributed by atoms with van der Waals surface area (Å²) in [5.41, 5.74) is -0.945. The lowest BCUT2D eigenvalue weighted by Gasteiger charge is -2.35. The molecule has 1 unspecified atom stereocenters. The second-order valence-corrected chi connectivity index (χ2v) is 8.30. The number of carbonyl (C=O) groups is 1. The van der Waals surface area contributed by atoms with E-state index in [4.69, 9.17) is 25.6 Å². The molecular weight excluding hydrogens is 496 g/mol. The fraction of sp³-hybridized carbons (Fsp3) is 0.273. The van der Waals surface area contributed by atoms with E-state index >= 15 is 0 Å². The molecular formula is C22H17ClF4N4O4. The smallest absolute Gasteiger partial charge is 0.418 e. The lowest BCUT2D eigenvalue weighted by Crippen LogP contribution is -2.50. The Kier molecular flexibility index (Phi) is 6.66. The highest BCUT2D eigenvalue weighted by atomic mass is 35.5. The molecule has 1 atom stereocenters. The van der Waals surface area contributed by atoms with E-state index in [0.717, 1.165) is 18.3 Å². The van der Waals surface area contributed by atoms with Crippen LogP contribution in [0.2, 0.25) is 5.02 Å². The second kappa shape index (κ2) is 9.53. The van der Waals surface area contributed by atoms with Crippen molar-refractivity contribution in [3.63, 3.8) is 0 Å². The molecule has 1 amide bonds. The molecule has 0 saturated carbocycles. The molecule has 4 rings (SSSR count). The third-order valence-corrected chi connectivity index (χ3v) is 5.19. The Hall–Kier alpha value is -3.67. The van der Waals surface area contributed by atoms with E-state index in [2.05, 4.69) is 20.4 Å². The zero-order valence-corrected chi connectivity index (χ0v) is 18.8. The average Bonchev–Trinajstić information content (AvgIpc) is 3.25. The van der Waals surface area contributed by atoms with Gasteiger partial charge in [-0.1, -0.05) is 22.8 Å². The highest BCUT2D eigenvalue weighted by Gasteiger charge is 2.36. The summed E-state index contributed by atoms with van der Waals surface area (Å²) in [5.74, 6) is -0.678. The minimum Gasteiger partial charge on any atom is -0.484 e. The molecule has 0 fully saturated rings. The van der Waals surface area contributed by atoms with Crippen LogP contribution in [0.5, 0.6) is 11.5 Å². The first kappa shape index (κ1) is 24.5. The van der Waals surface area contributed by atoms with Crippen molar-refractivity contribution in [2.75, 3.05) is 6.61 Å². The van der Waals surface area contributed by atoms with Crippen LogP contribution < -0.4 is 14.8 Å². The number of halogens is 5. The van der Waals surface area contributed by atoms with Crippen molar-refractivity contribution in [2.45, 2.75) is 31.7 Å². The lowest BCUT2D eigenvalue weighted by molar-refractivity contribution is -0.138. The minimum absolute atomic E-state index is 0.0511. The number of pyridine rings is 1. The van der Waals surface area contributed by atoms with Gasteiger partial charge in [-0.25, -0.2) is 4.39 Å². The molecule has 35 heavy (non-hydrogen) atoms. The molecule has 13 heteroatoms. The van der Waals surface area contributed by atoms with Gasteiger partial charge >= 0.3 is 6.18 Å². The molecule has 2 aromatic heterocycles. The van der Waals surface area contributed by atoms with Crippen molar-refractivity contribution >= 4 is 23.1 Å². The van der Waals surface area contributed by atoms with Gasteiger partial charge in [-0.2, -0.15) is 18.2 Å². The van der Waals surface area contributed by atoms with Crippen molar-refractivity contribution in [3.05, 3.63) is 70.9 Å². The Morgan fingerprint density at radius 2 is 2.00 bits per heavy atom. The number of benzene rings is 1. The number of amides is 1. The maximum atomic E-state index is 13.4. The summed E-state index contributed by atoms with van der Waals surface area (Å²) in [6, 6.07) is 4.68. The van der Waals surface area contributed by atoms with Crippen molar-refractivity contribution < 1.29 is 36.4 Å². The quantitative estimate of drug-likeness (QED) is 0.440. The number of hydrogen-bond acceptors (Lipinski definition) is 7. The van der Waals surface area contributed by atoms with E-state index in [0.29, 0.717) is 18.2 Å². The first-order chi connectivity index (χ1) is 16.5. The largest absolute Gasteiger partial charge is 0.484 e. The molecule has 8 nitrogen and oxygen atoms in total. The molecule has 1 aromatic carbocycles. The standard InChI is InChI=1S/C22H17ClF4N4O4/c1-21(30-19(32)11-34-14-2-3-16(23)17(24)5-14)6-12(7-21)20-29-18(31-35-20)10-33-15-4-13(8-28-9-15)22(25,26)27/h2-6,8-9H,7,10-11H2,1H3,(H,30,32). The third-order valence-electron chi connectivity index (χ3n) is 4.89. The minimum atomic E-state index is -4.54. The van der Waals surface area contributed by atoms with Crippen LogP contribution in [-0.4, -0.2) is 33.2 Å². The molecule has 0 spiro atoms. The SMILES string of the molecule is CC1(NC(=O)COc2ccc(Cl)c(F)c2)C=C(c2nc(COc3cncc(C(F)(F)F)c3)no2)C1. The molecule has 0 radical (unpaired) electrons. The number of nitrogens with one attached hydrogen (secondary N) is 1. The Balaban J connectivity index is 1.28. The molecule has 2 heterocycles. The summed E-state index contributed by atoms with van der Waals surface area (Å²) in [5, 5.41) is 6.48. The molecule has 1 N–H and O–H groups in total. The first-order valence-corrected chi connectivity index (χ1v) is 10.5. The summed E-state index contributed by atoms with van der Waals surface area (Å²) < 4.78 is 67.5. The fourth-order valence-electron chi connectivity index (χ4n) is 3.28. The van der Waals surface area contributed by atoms with Crippen LogP contribution in [0, 0.1) is 5.82 Å².